The Kier molecular flexibility index (Phi) is 3.49. The molecule has 0 amide bonds. The van der Waals surface area contributed by atoms with Crippen LogP contribution < -0.4 is 5.32 Å². The molecule has 1 heterocycles. The summed E-state index contributed by atoms with van der Waals surface area (Å²) < 4.78 is 5.55. The van der Waals surface area contributed by atoms with Gasteiger partial charge in [0.15, 0.2) is 0 Å². The monoisotopic (exact) mass is 231 g/mol. The van der Waals surface area contributed by atoms with Crippen molar-refractivity contribution in [2.45, 2.75) is 26.4 Å². The largest absolute Gasteiger partial charge is 0.508 e. The molecule has 3 heteroatoms. The topological polar surface area (TPSA) is 45.4 Å². The number of furan rings is 1. The Bertz CT molecular complexity index is 490. The maximum atomic E-state index is 9.35. The minimum absolute atomic E-state index is 0.158. The number of phenolic OH excluding ortho intramolecular Hbond substituents is 1. The number of aromatic hydroxyl groups is 1. The van der Waals surface area contributed by atoms with Crippen LogP contribution in [-0.4, -0.2) is 5.11 Å². The summed E-state index contributed by atoms with van der Waals surface area (Å²) in [4.78, 5) is 0. The van der Waals surface area contributed by atoms with Gasteiger partial charge in [-0.05, 0) is 43.7 Å². The van der Waals surface area contributed by atoms with Gasteiger partial charge in [-0.2, -0.15) is 0 Å². The van der Waals surface area contributed by atoms with E-state index in [9.17, 15) is 5.11 Å². The summed E-state index contributed by atoms with van der Waals surface area (Å²) >= 11 is 0. The second-order valence-electron chi connectivity index (χ2n) is 4.22. The first kappa shape index (κ1) is 11.7. The van der Waals surface area contributed by atoms with Crippen molar-refractivity contribution in [1.82, 2.24) is 5.32 Å². The zero-order valence-corrected chi connectivity index (χ0v) is 10.1. The second kappa shape index (κ2) is 5.06. The molecule has 3 nitrogen and oxygen atoms in total. The number of hydrogen-bond donors (Lipinski definition) is 2. The predicted octanol–water partition coefficient (Wildman–Crippen LogP) is 3.14. The third-order valence-electron chi connectivity index (χ3n) is 2.71. The zero-order valence-electron chi connectivity index (χ0n) is 10.1. The minimum Gasteiger partial charge on any atom is -0.508 e. The van der Waals surface area contributed by atoms with Crippen molar-refractivity contribution < 1.29 is 9.52 Å². The SMILES string of the molecule is Cc1ccc(C(C)NCc2cccc(O)c2)o1. The van der Waals surface area contributed by atoms with Gasteiger partial charge in [0.25, 0.3) is 0 Å². The highest BCUT2D eigenvalue weighted by atomic mass is 16.3. The average Bonchev–Trinajstić information content (AvgIpc) is 2.73. The number of aryl methyl sites for hydroxylation is 1. The van der Waals surface area contributed by atoms with Crippen molar-refractivity contribution >= 4 is 0 Å². The fourth-order valence-electron chi connectivity index (χ4n) is 1.72. The molecule has 0 aliphatic rings. The van der Waals surface area contributed by atoms with E-state index in [1.165, 1.54) is 0 Å². The molecule has 17 heavy (non-hydrogen) atoms. The molecule has 1 aromatic carbocycles. The van der Waals surface area contributed by atoms with Crippen LogP contribution in [0.3, 0.4) is 0 Å². The van der Waals surface area contributed by atoms with E-state index in [2.05, 4.69) is 12.2 Å². The van der Waals surface area contributed by atoms with Gasteiger partial charge < -0.3 is 14.8 Å². The molecule has 0 fully saturated rings. The Morgan fingerprint density at radius 1 is 1.29 bits per heavy atom. The first-order valence-corrected chi connectivity index (χ1v) is 5.73. The quantitative estimate of drug-likeness (QED) is 0.849. The lowest BCUT2D eigenvalue weighted by Crippen LogP contribution is -2.17. The van der Waals surface area contributed by atoms with Gasteiger partial charge in [0, 0.05) is 6.54 Å². The third-order valence-corrected chi connectivity index (χ3v) is 2.71. The fourth-order valence-corrected chi connectivity index (χ4v) is 1.72. The second-order valence-corrected chi connectivity index (χ2v) is 4.22. The Morgan fingerprint density at radius 3 is 2.76 bits per heavy atom. The van der Waals surface area contributed by atoms with Gasteiger partial charge in [-0.15, -0.1) is 0 Å². The summed E-state index contributed by atoms with van der Waals surface area (Å²) in [6.07, 6.45) is 0. The van der Waals surface area contributed by atoms with Gasteiger partial charge in [-0.3, -0.25) is 0 Å². The minimum atomic E-state index is 0.158. The number of rotatable bonds is 4. The van der Waals surface area contributed by atoms with E-state index in [-0.39, 0.29) is 6.04 Å². The molecule has 1 aromatic heterocycles. The van der Waals surface area contributed by atoms with Gasteiger partial charge in [-0.25, -0.2) is 0 Å². The van der Waals surface area contributed by atoms with Crippen LogP contribution in [0.4, 0.5) is 0 Å². The number of nitrogens with one attached hydrogen (secondary N) is 1. The Balaban J connectivity index is 1.94. The fraction of sp³-hybridized carbons (Fsp3) is 0.286. The van der Waals surface area contributed by atoms with Crippen LogP contribution in [0.2, 0.25) is 0 Å². The molecule has 1 atom stereocenters. The van der Waals surface area contributed by atoms with E-state index in [1.807, 2.05) is 31.2 Å². The summed E-state index contributed by atoms with van der Waals surface area (Å²) in [5, 5.41) is 12.7. The Hall–Kier alpha value is -1.74. The van der Waals surface area contributed by atoms with E-state index >= 15 is 0 Å². The van der Waals surface area contributed by atoms with E-state index in [0.717, 1.165) is 17.1 Å². The van der Waals surface area contributed by atoms with E-state index in [1.54, 1.807) is 12.1 Å². The number of benzene rings is 1. The summed E-state index contributed by atoms with van der Waals surface area (Å²) in [5.74, 6) is 2.15. The van der Waals surface area contributed by atoms with Gasteiger partial charge in [0.2, 0.25) is 0 Å². The van der Waals surface area contributed by atoms with Crippen molar-refractivity contribution in [3.05, 3.63) is 53.5 Å². The molecule has 0 spiro atoms. The highest BCUT2D eigenvalue weighted by Crippen LogP contribution is 2.17. The number of hydrogen-bond acceptors (Lipinski definition) is 3. The van der Waals surface area contributed by atoms with Crippen LogP contribution in [-0.2, 0) is 6.54 Å². The van der Waals surface area contributed by atoms with Crippen LogP contribution in [0.25, 0.3) is 0 Å². The Labute approximate surface area is 101 Å². The smallest absolute Gasteiger partial charge is 0.120 e. The molecule has 2 rings (SSSR count). The molecule has 1 unspecified atom stereocenters. The number of phenols is 1. The van der Waals surface area contributed by atoms with Crippen LogP contribution in [0.1, 0.15) is 30.0 Å². The van der Waals surface area contributed by atoms with Crippen LogP contribution in [0.15, 0.2) is 40.8 Å². The third kappa shape index (κ3) is 3.11. The van der Waals surface area contributed by atoms with Gasteiger partial charge in [0.05, 0.1) is 6.04 Å². The Morgan fingerprint density at radius 2 is 2.12 bits per heavy atom. The molecule has 0 saturated heterocycles. The normalized spacial score (nSPS) is 12.6. The molecule has 0 saturated carbocycles. The molecule has 2 aromatic rings. The van der Waals surface area contributed by atoms with E-state index in [0.29, 0.717) is 12.3 Å². The maximum absolute atomic E-state index is 9.35. The maximum Gasteiger partial charge on any atom is 0.120 e. The van der Waals surface area contributed by atoms with Gasteiger partial charge in [0.1, 0.15) is 17.3 Å². The first-order chi connectivity index (χ1) is 8.15. The first-order valence-electron chi connectivity index (χ1n) is 5.73. The van der Waals surface area contributed by atoms with E-state index in [4.69, 9.17) is 4.42 Å². The highest BCUT2D eigenvalue weighted by molar-refractivity contribution is 5.27. The van der Waals surface area contributed by atoms with E-state index < -0.39 is 0 Å². The summed E-state index contributed by atoms with van der Waals surface area (Å²) in [6.45, 7) is 4.70. The molecule has 0 radical (unpaired) electrons. The van der Waals surface area contributed by atoms with Crippen LogP contribution in [0.5, 0.6) is 5.75 Å². The molecule has 0 aliphatic carbocycles. The summed E-state index contributed by atoms with van der Waals surface area (Å²) in [6, 6.07) is 11.3. The lowest BCUT2D eigenvalue weighted by atomic mass is 10.2. The molecular weight excluding hydrogens is 214 g/mol. The molecular formula is C14H17NO2. The zero-order chi connectivity index (χ0) is 12.3. The highest BCUT2D eigenvalue weighted by Gasteiger charge is 2.08. The average molecular weight is 231 g/mol. The van der Waals surface area contributed by atoms with Crippen molar-refractivity contribution in [2.75, 3.05) is 0 Å². The van der Waals surface area contributed by atoms with Crippen LogP contribution in [0, 0.1) is 6.92 Å². The predicted molar refractivity (Wildman–Crippen MR) is 66.8 cm³/mol. The van der Waals surface area contributed by atoms with Crippen molar-refractivity contribution in [3.63, 3.8) is 0 Å². The van der Waals surface area contributed by atoms with Crippen molar-refractivity contribution in [2.24, 2.45) is 0 Å². The summed E-state index contributed by atoms with van der Waals surface area (Å²) in [7, 11) is 0. The molecule has 2 N–H and O–H groups in total. The van der Waals surface area contributed by atoms with Crippen molar-refractivity contribution in [1.29, 1.82) is 0 Å². The van der Waals surface area contributed by atoms with Gasteiger partial charge in [-0.1, -0.05) is 12.1 Å². The molecule has 0 bridgehead atoms. The van der Waals surface area contributed by atoms with Crippen molar-refractivity contribution in [3.8, 4) is 5.75 Å². The lowest BCUT2D eigenvalue weighted by molar-refractivity contribution is 0.415. The standard InChI is InChI=1S/C14H17NO2/c1-10-6-7-14(17-10)11(2)15-9-12-4-3-5-13(16)8-12/h3-8,11,15-16H,9H2,1-2H3. The summed E-state index contributed by atoms with van der Waals surface area (Å²) in [5.41, 5.74) is 1.06. The van der Waals surface area contributed by atoms with Gasteiger partial charge >= 0.3 is 0 Å². The van der Waals surface area contributed by atoms with Crippen LogP contribution >= 0.6 is 0 Å². The molecule has 90 valence electrons. The lowest BCUT2D eigenvalue weighted by Gasteiger charge is -2.11. The molecule has 0 aliphatic heterocycles.